The molecule has 2 aromatic heterocycles. The van der Waals surface area contributed by atoms with E-state index >= 15 is 0 Å². The van der Waals surface area contributed by atoms with E-state index in [0.29, 0.717) is 47.2 Å². The third kappa shape index (κ3) is 3.73. The number of ketones is 1. The van der Waals surface area contributed by atoms with E-state index in [1.54, 1.807) is 33.0 Å². The highest BCUT2D eigenvalue weighted by Crippen LogP contribution is 2.39. The summed E-state index contributed by atoms with van der Waals surface area (Å²) < 4.78 is 23.4. The number of hydrogen-bond donors (Lipinski definition) is 0. The van der Waals surface area contributed by atoms with Crippen LogP contribution in [0.5, 0.6) is 23.0 Å². The molecule has 35 heavy (non-hydrogen) atoms. The van der Waals surface area contributed by atoms with Gasteiger partial charge in [0, 0.05) is 6.42 Å². The fourth-order valence-electron chi connectivity index (χ4n) is 4.75. The van der Waals surface area contributed by atoms with Crippen LogP contribution in [-0.4, -0.2) is 54.0 Å². The Bertz CT molecular complexity index is 1450. The van der Waals surface area contributed by atoms with Gasteiger partial charge in [0.2, 0.25) is 0 Å². The number of rotatable bonds is 6. The summed E-state index contributed by atoms with van der Waals surface area (Å²) in [6.45, 7) is 1.92. The number of fused-ring (bicyclic) bond motifs is 3. The molecule has 1 aliphatic carbocycles. The Kier molecular flexibility index (Phi) is 5.76. The number of carbonyl (C=O) groups is 1. The average molecular weight is 475 g/mol. The number of benzene rings is 2. The van der Waals surface area contributed by atoms with Crippen molar-refractivity contribution < 1.29 is 23.7 Å². The molecule has 1 unspecified atom stereocenters. The number of carbonyl (C=O) groups excluding carboxylic acids is 1. The Morgan fingerprint density at radius 3 is 2.17 bits per heavy atom. The molecule has 1 atom stereocenters. The summed E-state index contributed by atoms with van der Waals surface area (Å²) in [5.41, 5.74) is 5.20. The van der Waals surface area contributed by atoms with Crippen LogP contribution in [0.15, 0.2) is 36.4 Å². The van der Waals surface area contributed by atoms with Gasteiger partial charge in [0.15, 0.2) is 40.1 Å². The van der Waals surface area contributed by atoms with Crippen LogP contribution in [-0.2, 0) is 6.42 Å². The summed E-state index contributed by atoms with van der Waals surface area (Å²) >= 11 is 0. The maximum absolute atomic E-state index is 13.1. The predicted octanol–water partition coefficient (Wildman–Crippen LogP) is 4.05. The normalized spacial score (nSPS) is 15.1. The molecule has 9 nitrogen and oxygen atoms in total. The molecule has 2 heterocycles. The van der Waals surface area contributed by atoms with Crippen molar-refractivity contribution >= 4 is 11.4 Å². The average Bonchev–Trinajstić information content (AvgIpc) is 3.23. The lowest BCUT2D eigenvalue weighted by molar-refractivity contribution is 0.0955. The number of nitrogens with zero attached hydrogens (tertiary/aromatic N) is 4. The maximum atomic E-state index is 13.1. The molecule has 0 N–H and O–H groups in total. The van der Waals surface area contributed by atoms with Crippen LogP contribution in [0.1, 0.15) is 39.8 Å². The third-order valence-electron chi connectivity index (χ3n) is 6.50. The number of Topliss-reactive ketones (excluding diaryl/α,β-unsaturated/α-hetero) is 1. The summed E-state index contributed by atoms with van der Waals surface area (Å²) in [6, 6.07) is 11.4. The summed E-state index contributed by atoms with van der Waals surface area (Å²) in [5, 5.41) is 13.5. The number of ether oxygens (including phenoxy) is 4. The molecule has 1 aliphatic rings. The van der Waals surface area contributed by atoms with Crippen LogP contribution >= 0.6 is 0 Å². The zero-order valence-electron chi connectivity index (χ0n) is 20.3. The molecule has 0 fully saturated rings. The molecular formula is C26H26N4O5. The molecule has 0 aliphatic heterocycles. The lowest BCUT2D eigenvalue weighted by Crippen LogP contribution is -2.24. The van der Waals surface area contributed by atoms with Crippen LogP contribution in [0, 0.1) is 6.92 Å². The van der Waals surface area contributed by atoms with E-state index in [4.69, 9.17) is 24.0 Å². The first kappa shape index (κ1) is 22.6. The van der Waals surface area contributed by atoms with Gasteiger partial charge in [-0.25, -0.2) is 4.52 Å². The summed E-state index contributed by atoms with van der Waals surface area (Å²) in [5.74, 6) is 2.43. The molecule has 0 saturated carbocycles. The molecule has 5 rings (SSSR count). The predicted molar refractivity (Wildman–Crippen MR) is 129 cm³/mol. The second-order valence-corrected chi connectivity index (χ2v) is 8.40. The van der Waals surface area contributed by atoms with Crippen molar-refractivity contribution in [1.29, 1.82) is 0 Å². The van der Waals surface area contributed by atoms with Gasteiger partial charge < -0.3 is 18.9 Å². The topological polar surface area (TPSA) is 97.1 Å². The fraction of sp³-hybridized carbons (Fsp3) is 0.308. The van der Waals surface area contributed by atoms with E-state index in [1.165, 1.54) is 0 Å². The molecule has 0 spiro atoms. The molecule has 9 heteroatoms. The van der Waals surface area contributed by atoms with Gasteiger partial charge in [-0.1, -0.05) is 12.1 Å². The lowest BCUT2D eigenvalue weighted by atomic mass is 9.83. The first-order valence-corrected chi connectivity index (χ1v) is 11.2. The SMILES string of the molecule is COc1ccc(-c2c(C)nn3c4c(nnc23)C(=O)CC(c2ccc(OC)c(OC)c2)C4)cc1OC. The largest absolute Gasteiger partial charge is 0.493 e. The van der Waals surface area contributed by atoms with E-state index in [-0.39, 0.29) is 11.7 Å². The van der Waals surface area contributed by atoms with Crippen LogP contribution in [0.25, 0.3) is 16.8 Å². The lowest BCUT2D eigenvalue weighted by Gasteiger charge is -2.24. The maximum Gasteiger partial charge on any atom is 0.185 e. The van der Waals surface area contributed by atoms with Crippen molar-refractivity contribution in [3.8, 4) is 34.1 Å². The number of aryl methyl sites for hydroxylation is 1. The molecule has 4 aromatic rings. The zero-order chi connectivity index (χ0) is 24.7. The minimum absolute atomic E-state index is 0.0451. The van der Waals surface area contributed by atoms with Gasteiger partial charge in [-0.15, -0.1) is 10.2 Å². The van der Waals surface area contributed by atoms with Crippen molar-refractivity contribution in [2.75, 3.05) is 28.4 Å². The van der Waals surface area contributed by atoms with E-state index in [0.717, 1.165) is 28.1 Å². The van der Waals surface area contributed by atoms with E-state index in [2.05, 4.69) is 10.2 Å². The molecule has 0 amide bonds. The highest BCUT2D eigenvalue weighted by atomic mass is 16.5. The first-order valence-electron chi connectivity index (χ1n) is 11.2. The Morgan fingerprint density at radius 2 is 1.49 bits per heavy atom. The van der Waals surface area contributed by atoms with Gasteiger partial charge in [-0.3, -0.25) is 4.79 Å². The highest BCUT2D eigenvalue weighted by Gasteiger charge is 2.32. The second-order valence-electron chi connectivity index (χ2n) is 8.40. The number of methoxy groups -OCH3 is 4. The van der Waals surface area contributed by atoms with Crippen LogP contribution < -0.4 is 18.9 Å². The standard InChI is InChI=1S/C26H26N4O5/c1-14-24(16-7-9-21(33-3)23(13-16)35-5)26-28-27-25-18(30(26)29-14)10-17(11-19(25)31)15-6-8-20(32-2)22(12-15)34-4/h6-9,12-13,17H,10-11H2,1-5H3. The minimum atomic E-state index is -0.0544. The minimum Gasteiger partial charge on any atom is -0.493 e. The Morgan fingerprint density at radius 1 is 0.829 bits per heavy atom. The van der Waals surface area contributed by atoms with Crippen molar-refractivity contribution in [3.63, 3.8) is 0 Å². The molecule has 180 valence electrons. The van der Waals surface area contributed by atoms with Crippen molar-refractivity contribution in [2.45, 2.75) is 25.7 Å². The molecule has 0 saturated heterocycles. The van der Waals surface area contributed by atoms with Crippen LogP contribution in [0.2, 0.25) is 0 Å². The van der Waals surface area contributed by atoms with Gasteiger partial charge >= 0.3 is 0 Å². The second kappa shape index (κ2) is 8.90. The van der Waals surface area contributed by atoms with Gasteiger partial charge in [-0.2, -0.15) is 5.10 Å². The van der Waals surface area contributed by atoms with Gasteiger partial charge in [0.05, 0.1) is 45.4 Å². The van der Waals surface area contributed by atoms with Crippen LogP contribution in [0.4, 0.5) is 0 Å². The zero-order valence-corrected chi connectivity index (χ0v) is 20.3. The van der Waals surface area contributed by atoms with E-state index < -0.39 is 0 Å². The van der Waals surface area contributed by atoms with Crippen molar-refractivity contribution in [2.24, 2.45) is 0 Å². The number of hydrogen-bond acceptors (Lipinski definition) is 8. The van der Waals surface area contributed by atoms with Gasteiger partial charge in [0.1, 0.15) is 0 Å². The van der Waals surface area contributed by atoms with Crippen LogP contribution in [0.3, 0.4) is 0 Å². The van der Waals surface area contributed by atoms with Gasteiger partial charge in [-0.05, 0) is 54.7 Å². The first-order chi connectivity index (χ1) is 17.0. The highest BCUT2D eigenvalue weighted by molar-refractivity contribution is 5.97. The molecule has 2 aromatic carbocycles. The molecule has 0 radical (unpaired) electrons. The van der Waals surface area contributed by atoms with Gasteiger partial charge in [0.25, 0.3) is 0 Å². The Balaban J connectivity index is 1.61. The Hall–Kier alpha value is -4.14. The quantitative estimate of drug-likeness (QED) is 0.413. The number of aromatic nitrogens is 4. The summed E-state index contributed by atoms with van der Waals surface area (Å²) in [7, 11) is 6.40. The monoisotopic (exact) mass is 474 g/mol. The van der Waals surface area contributed by atoms with Crippen molar-refractivity contribution in [3.05, 3.63) is 59.0 Å². The summed E-state index contributed by atoms with van der Waals surface area (Å²) in [6.07, 6.45) is 0.931. The van der Waals surface area contributed by atoms with Crippen molar-refractivity contribution in [1.82, 2.24) is 19.8 Å². The smallest absolute Gasteiger partial charge is 0.185 e. The van der Waals surface area contributed by atoms with E-state index in [9.17, 15) is 4.79 Å². The van der Waals surface area contributed by atoms with E-state index in [1.807, 2.05) is 43.3 Å². The molecule has 0 bridgehead atoms. The third-order valence-corrected chi connectivity index (χ3v) is 6.50. The summed E-state index contributed by atoms with van der Waals surface area (Å²) in [4.78, 5) is 13.1. The Labute approximate surface area is 202 Å². The molecular weight excluding hydrogens is 448 g/mol. The fourth-order valence-corrected chi connectivity index (χ4v) is 4.75.